The summed E-state index contributed by atoms with van der Waals surface area (Å²) in [7, 11) is 0. The average Bonchev–Trinajstić information content (AvgIpc) is 2.89. The maximum Gasteiger partial charge on any atom is 0.333 e. The smallest absolute Gasteiger partial charge is 0.333 e. The summed E-state index contributed by atoms with van der Waals surface area (Å²) in [6.45, 7) is 18.1. The Balaban J connectivity index is 1.95. The van der Waals surface area contributed by atoms with Gasteiger partial charge in [0.15, 0.2) is 12.6 Å². The van der Waals surface area contributed by atoms with Gasteiger partial charge in [0.05, 0.1) is 52.9 Å². The van der Waals surface area contributed by atoms with Gasteiger partial charge in [-0.3, -0.25) is 0 Å². The number of carbonyl (C=O) groups is 2. The van der Waals surface area contributed by atoms with Crippen LogP contribution in [0.25, 0.3) is 0 Å². The number of esters is 2. The van der Waals surface area contributed by atoms with E-state index in [2.05, 4.69) is 13.2 Å². The maximum atomic E-state index is 11.3. The van der Waals surface area contributed by atoms with Gasteiger partial charge in [-0.05, 0) is 65.2 Å². The second kappa shape index (κ2) is 21.1. The van der Waals surface area contributed by atoms with Crippen LogP contribution >= 0.6 is 0 Å². The highest BCUT2D eigenvalue weighted by Gasteiger charge is 2.23. The molecule has 2 unspecified atom stereocenters. The van der Waals surface area contributed by atoms with Crippen LogP contribution in [-0.2, 0) is 47.5 Å². The molecular formula is C28H48O10. The van der Waals surface area contributed by atoms with E-state index in [1.54, 1.807) is 13.8 Å². The SMILES string of the molecule is C=C(C)C(=O)OCCOCCOC(C)OCC1CCC(COC(C)OCCOCCOC(=O)C(=C)C)CC1. The third-order valence-electron chi connectivity index (χ3n) is 5.88. The zero-order chi connectivity index (χ0) is 28.2. The Hall–Kier alpha value is -1.82. The predicted molar refractivity (Wildman–Crippen MR) is 141 cm³/mol. The molecule has 0 aromatic heterocycles. The van der Waals surface area contributed by atoms with Gasteiger partial charge >= 0.3 is 11.9 Å². The molecule has 1 saturated carbocycles. The average molecular weight is 545 g/mol. The van der Waals surface area contributed by atoms with Crippen molar-refractivity contribution in [2.45, 2.75) is 66.0 Å². The largest absolute Gasteiger partial charge is 0.460 e. The summed E-state index contributed by atoms with van der Waals surface area (Å²) in [6, 6.07) is 0. The highest BCUT2D eigenvalue weighted by molar-refractivity contribution is 5.87. The Kier molecular flexibility index (Phi) is 19.0. The summed E-state index contributed by atoms with van der Waals surface area (Å²) in [5.41, 5.74) is 0.746. The van der Waals surface area contributed by atoms with Crippen molar-refractivity contribution in [3.63, 3.8) is 0 Å². The molecule has 1 fully saturated rings. The summed E-state index contributed by atoms with van der Waals surface area (Å²) in [6.07, 6.45) is 3.82. The molecule has 1 rings (SSSR count). The molecule has 0 amide bonds. The zero-order valence-electron chi connectivity index (χ0n) is 23.7. The summed E-state index contributed by atoms with van der Waals surface area (Å²) in [4.78, 5) is 22.5. The van der Waals surface area contributed by atoms with Gasteiger partial charge in [-0.15, -0.1) is 0 Å². The molecule has 0 heterocycles. The zero-order valence-corrected chi connectivity index (χ0v) is 23.7. The molecule has 1 aliphatic rings. The Morgan fingerprint density at radius 1 is 0.605 bits per heavy atom. The first-order valence-corrected chi connectivity index (χ1v) is 13.5. The van der Waals surface area contributed by atoms with Gasteiger partial charge < -0.3 is 37.9 Å². The Morgan fingerprint density at radius 2 is 0.947 bits per heavy atom. The molecule has 220 valence electrons. The minimum atomic E-state index is -0.409. The van der Waals surface area contributed by atoms with E-state index in [0.717, 1.165) is 25.7 Å². The van der Waals surface area contributed by atoms with Crippen LogP contribution in [0, 0.1) is 11.8 Å². The third-order valence-corrected chi connectivity index (χ3v) is 5.88. The van der Waals surface area contributed by atoms with E-state index in [4.69, 9.17) is 37.9 Å². The molecular weight excluding hydrogens is 496 g/mol. The highest BCUT2D eigenvalue weighted by Crippen LogP contribution is 2.29. The second-order valence-electron chi connectivity index (χ2n) is 9.49. The van der Waals surface area contributed by atoms with Crippen molar-refractivity contribution in [2.75, 3.05) is 66.1 Å². The van der Waals surface area contributed by atoms with E-state index < -0.39 is 11.9 Å². The molecule has 0 spiro atoms. The van der Waals surface area contributed by atoms with Gasteiger partial charge in [0.2, 0.25) is 0 Å². The summed E-state index contributed by atoms with van der Waals surface area (Å²) >= 11 is 0. The van der Waals surface area contributed by atoms with Crippen LogP contribution in [0.1, 0.15) is 53.4 Å². The molecule has 2 atom stereocenters. The van der Waals surface area contributed by atoms with Crippen molar-refractivity contribution < 1.29 is 47.5 Å². The molecule has 0 aromatic rings. The van der Waals surface area contributed by atoms with Gasteiger partial charge in [-0.2, -0.15) is 0 Å². The van der Waals surface area contributed by atoms with Crippen molar-refractivity contribution in [3.8, 4) is 0 Å². The van der Waals surface area contributed by atoms with Gasteiger partial charge in [0, 0.05) is 11.1 Å². The lowest BCUT2D eigenvalue weighted by Gasteiger charge is -2.29. The number of carbonyl (C=O) groups excluding carboxylic acids is 2. The van der Waals surface area contributed by atoms with E-state index in [9.17, 15) is 9.59 Å². The van der Waals surface area contributed by atoms with Crippen molar-refractivity contribution in [3.05, 3.63) is 24.3 Å². The predicted octanol–water partition coefficient (Wildman–Crippen LogP) is 3.82. The number of hydrogen-bond acceptors (Lipinski definition) is 10. The molecule has 0 radical (unpaired) electrons. The summed E-state index contributed by atoms with van der Waals surface area (Å²) in [5.74, 6) is 0.231. The van der Waals surface area contributed by atoms with Gasteiger partial charge in [0.1, 0.15) is 13.2 Å². The standard InChI is InChI=1S/C28H48O10/c1-21(2)27(29)35-17-13-31-11-15-33-23(5)37-19-25-7-9-26(10-8-25)20-38-24(6)34-16-12-32-14-18-36-28(30)22(3)4/h23-26H,1,3,7-20H2,2,4-6H3. The van der Waals surface area contributed by atoms with Crippen LogP contribution in [-0.4, -0.2) is 90.6 Å². The lowest BCUT2D eigenvalue weighted by molar-refractivity contribution is -0.157. The van der Waals surface area contributed by atoms with Crippen LogP contribution in [0.15, 0.2) is 24.3 Å². The summed E-state index contributed by atoms with van der Waals surface area (Å²) in [5, 5.41) is 0. The van der Waals surface area contributed by atoms with Crippen molar-refractivity contribution in [1.29, 1.82) is 0 Å². The van der Waals surface area contributed by atoms with Crippen LogP contribution < -0.4 is 0 Å². The first-order chi connectivity index (χ1) is 18.2. The molecule has 0 bridgehead atoms. The fourth-order valence-corrected chi connectivity index (χ4v) is 3.59. The van der Waals surface area contributed by atoms with Crippen molar-refractivity contribution >= 4 is 11.9 Å². The number of rotatable bonds is 22. The minimum absolute atomic E-state index is 0.199. The molecule has 38 heavy (non-hydrogen) atoms. The normalized spacial score (nSPS) is 18.9. The molecule has 0 saturated heterocycles. The molecule has 1 aliphatic carbocycles. The van der Waals surface area contributed by atoms with Gasteiger partial charge in [0.25, 0.3) is 0 Å². The van der Waals surface area contributed by atoms with E-state index in [1.165, 1.54) is 0 Å². The maximum absolute atomic E-state index is 11.3. The highest BCUT2D eigenvalue weighted by atomic mass is 16.7. The third kappa shape index (κ3) is 17.6. The molecule has 0 aromatic carbocycles. The van der Waals surface area contributed by atoms with Gasteiger partial charge in [-0.1, -0.05) is 13.2 Å². The van der Waals surface area contributed by atoms with Gasteiger partial charge in [-0.25, -0.2) is 9.59 Å². The molecule has 0 aliphatic heterocycles. The Morgan fingerprint density at radius 3 is 1.29 bits per heavy atom. The Bertz CT molecular complexity index is 629. The van der Waals surface area contributed by atoms with E-state index in [0.29, 0.717) is 75.8 Å². The van der Waals surface area contributed by atoms with E-state index in [1.807, 2.05) is 13.8 Å². The second-order valence-corrected chi connectivity index (χ2v) is 9.49. The number of hydrogen-bond donors (Lipinski definition) is 0. The first-order valence-electron chi connectivity index (χ1n) is 13.5. The number of ether oxygens (including phenoxy) is 8. The molecule has 0 N–H and O–H groups in total. The topological polar surface area (TPSA) is 108 Å². The van der Waals surface area contributed by atoms with Crippen LogP contribution in [0.3, 0.4) is 0 Å². The van der Waals surface area contributed by atoms with Crippen molar-refractivity contribution in [2.24, 2.45) is 11.8 Å². The summed E-state index contributed by atoms with van der Waals surface area (Å²) < 4.78 is 43.6. The van der Waals surface area contributed by atoms with Crippen LogP contribution in [0.2, 0.25) is 0 Å². The monoisotopic (exact) mass is 544 g/mol. The van der Waals surface area contributed by atoms with E-state index >= 15 is 0 Å². The fourth-order valence-electron chi connectivity index (χ4n) is 3.59. The lowest BCUT2D eigenvalue weighted by atomic mass is 9.83. The molecule has 10 heteroatoms. The van der Waals surface area contributed by atoms with Crippen LogP contribution in [0.4, 0.5) is 0 Å². The minimum Gasteiger partial charge on any atom is -0.460 e. The van der Waals surface area contributed by atoms with E-state index in [-0.39, 0.29) is 25.8 Å². The quantitative estimate of drug-likeness (QED) is 0.0864. The molecule has 10 nitrogen and oxygen atoms in total. The van der Waals surface area contributed by atoms with Crippen molar-refractivity contribution in [1.82, 2.24) is 0 Å². The Labute approximate surface area is 227 Å². The first kappa shape index (κ1) is 34.2. The lowest BCUT2D eigenvalue weighted by Crippen LogP contribution is -2.26. The van der Waals surface area contributed by atoms with Crippen LogP contribution in [0.5, 0.6) is 0 Å². The fraction of sp³-hybridized carbons (Fsp3) is 0.786.